The Labute approximate surface area is 187 Å². The average Bonchev–Trinajstić information content (AvgIpc) is 2.73. The van der Waals surface area contributed by atoms with E-state index in [1.54, 1.807) is 0 Å². The summed E-state index contributed by atoms with van der Waals surface area (Å²) < 4.78 is 5.88. The lowest BCUT2D eigenvalue weighted by Crippen LogP contribution is -2.25. The minimum atomic E-state index is -0.456. The summed E-state index contributed by atoms with van der Waals surface area (Å²) in [5, 5.41) is 0. The Balaban J connectivity index is 2.12. The van der Waals surface area contributed by atoms with E-state index in [4.69, 9.17) is 4.74 Å². The van der Waals surface area contributed by atoms with Crippen molar-refractivity contribution in [2.75, 3.05) is 0 Å². The third-order valence-electron chi connectivity index (χ3n) is 5.85. The lowest BCUT2D eigenvalue weighted by molar-refractivity contribution is -0.159. The molecule has 1 aromatic carbocycles. The van der Waals surface area contributed by atoms with E-state index in [1.807, 2.05) is 39.0 Å². The van der Waals surface area contributed by atoms with Crippen molar-refractivity contribution >= 4 is 5.97 Å². The van der Waals surface area contributed by atoms with Crippen molar-refractivity contribution in [3.05, 3.63) is 35.9 Å². The topological polar surface area (TPSA) is 26.3 Å². The number of unbranched alkanes of at least 4 members (excludes halogenated alkanes) is 13. The molecule has 2 nitrogen and oxygen atoms in total. The fourth-order valence-electron chi connectivity index (χ4n) is 3.79. The fourth-order valence-corrected chi connectivity index (χ4v) is 3.79. The first-order valence-electron chi connectivity index (χ1n) is 12.7. The van der Waals surface area contributed by atoms with Crippen LogP contribution in [-0.4, -0.2) is 5.97 Å². The Hall–Kier alpha value is -1.31. The second kappa shape index (κ2) is 16.4. The molecule has 0 amide bonds. The molecule has 1 atom stereocenters. The van der Waals surface area contributed by atoms with E-state index in [9.17, 15) is 4.79 Å². The summed E-state index contributed by atoms with van der Waals surface area (Å²) in [4.78, 5) is 12.4. The van der Waals surface area contributed by atoms with Crippen LogP contribution in [0.3, 0.4) is 0 Å². The molecule has 0 bridgehead atoms. The monoisotopic (exact) mass is 416 g/mol. The first-order chi connectivity index (χ1) is 14.4. The van der Waals surface area contributed by atoms with Crippen LogP contribution in [-0.2, 0) is 9.53 Å². The zero-order valence-electron chi connectivity index (χ0n) is 20.4. The zero-order valence-corrected chi connectivity index (χ0v) is 20.4. The van der Waals surface area contributed by atoms with Crippen LogP contribution in [0.25, 0.3) is 0 Å². The van der Waals surface area contributed by atoms with Gasteiger partial charge < -0.3 is 4.74 Å². The van der Waals surface area contributed by atoms with Crippen molar-refractivity contribution in [1.82, 2.24) is 0 Å². The first-order valence-corrected chi connectivity index (χ1v) is 12.7. The minimum Gasteiger partial charge on any atom is -0.457 e. The molecular weight excluding hydrogens is 368 g/mol. The fraction of sp³-hybridized carbons (Fsp3) is 0.750. The van der Waals surface area contributed by atoms with Crippen LogP contribution in [0.15, 0.2) is 30.3 Å². The number of hydrogen-bond acceptors (Lipinski definition) is 2. The molecule has 0 N–H and O–H groups in total. The normalized spacial score (nSPS) is 12.7. The van der Waals surface area contributed by atoms with Gasteiger partial charge in [0.2, 0.25) is 0 Å². The van der Waals surface area contributed by atoms with Crippen LogP contribution in [0, 0.1) is 5.41 Å². The molecule has 1 rings (SSSR count). The molecule has 0 spiro atoms. The van der Waals surface area contributed by atoms with Crippen molar-refractivity contribution in [3.63, 3.8) is 0 Å². The van der Waals surface area contributed by atoms with Gasteiger partial charge in [-0.2, -0.15) is 0 Å². The average molecular weight is 417 g/mol. The van der Waals surface area contributed by atoms with Crippen molar-refractivity contribution < 1.29 is 9.53 Å². The molecule has 0 heterocycles. The van der Waals surface area contributed by atoms with Gasteiger partial charge >= 0.3 is 5.97 Å². The van der Waals surface area contributed by atoms with Crippen molar-refractivity contribution in [3.8, 4) is 0 Å². The molecular formula is C28H48O2. The third kappa shape index (κ3) is 13.1. The van der Waals surface area contributed by atoms with Crippen molar-refractivity contribution in [2.45, 2.75) is 130 Å². The maximum absolute atomic E-state index is 12.4. The van der Waals surface area contributed by atoms with E-state index >= 15 is 0 Å². The first kappa shape index (κ1) is 26.7. The summed E-state index contributed by atoms with van der Waals surface area (Å²) in [5.74, 6) is -0.110. The molecule has 0 aliphatic heterocycles. The highest BCUT2D eigenvalue weighted by Gasteiger charge is 2.26. The molecule has 0 radical (unpaired) electrons. The Bertz CT molecular complexity index is 529. The highest BCUT2D eigenvalue weighted by Crippen LogP contribution is 2.28. The van der Waals surface area contributed by atoms with E-state index in [0.717, 1.165) is 18.4 Å². The number of hydrogen-bond donors (Lipinski definition) is 0. The smallest absolute Gasteiger partial charge is 0.311 e. The Morgan fingerprint density at radius 2 is 1.17 bits per heavy atom. The van der Waals surface area contributed by atoms with E-state index in [2.05, 4.69) is 19.1 Å². The molecule has 0 saturated carbocycles. The predicted octanol–water partition coefficient (Wildman–Crippen LogP) is 9.19. The molecule has 172 valence electrons. The largest absolute Gasteiger partial charge is 0.457 e. The van der Waals surface area contributed by atoms with Gasteiger partial charge in [0.15, 0.2) is 0 Å². The highest BCUT2D eigenvalue weighted by atomic mass is 16.5. The highest BCUT2D eigenvalue weighted by molar-refractivity contribution is 5.75. The molecule has 0 aliphatic carbocycles. The van der Waals surface area contributed by atoms with E-state index in [1.165, 1.54) is 83.5 Å². The van der Waals surface area contributed by atoms with Gasteiger partial charge in [0, 0.05) is 0 Å². The van der Waals surface area contributed by atoms with Crippen LogP contribution in [0.2, 0.25) is 0 Å². The number of carbonyl (C=O) groups is 1. The molecule has 1 aromatic rings. The van der Waals surface area contributed by atoms with Gasteiger partial charge in [-0.3, -0.25) is 4.79 Å². The predicted molar refractivity (Wildman–Crippen MR) is 130 cm³/mol. The molecule has 0 aliphatic rings. The summed E-state index contributed by atoms with van der Waals surface area (Å²) in [6.45, 7) is 8.04. The van der Waals surface area contributed by atoms with E-state index in [0.29, 0.717) is 0 Å². The van der Waals surface area contributed by atoms with Gasteiger partial charge in [0.1, 0.15) is 6.10 Å². The second-order valence-corrected chi connectivity index (χ2v) is 9.94. The summed E-state index contributed by atoms with van der Waals surface area (Å²) in [6.07, 6.45) is 19.9. The molecule has 0 aromatic heterocycles. The van der Waals surface area contributed by atoms with Gasteiger partial charge in [-0.25, -0.2) is 0 Å². The van der Waals surface area contributed by atoms with Crippen molar-refractivity contribution in [1.29, 1.82) is 0 Å². The van der Waals surface area contributed by atoms with Crippen LogP contribution >= 0.6 is 0 Å². The Kier molecular flexibility index (Phi) is 14.6. The number of benzene rings is 1. The standard InChI is InChI=1S/C28H48O2/c1-5-6-7-8-9-10-11-12-13-14-15-16-17-21-24-26(25-22-19-18-20-23-25)30-27(29)28(2,3)4/h18-20,22-23,26H,5-17,21,24H2,1-4H3. The van der Waals surface area contributed by atoms with Crippen molar-refractivity contribution in [2.24, 2.45) is 5.41 Å². The number of carbonyl (C=O) groups excluding carboxylic acids is 1. The lowest BCUT2D eigenvalue weighted by atomic mass is 9.96. The van der Waals surface area contributed by atoms with Gasteiger partial charge in [-0.15, -0.1) is 0 Å². The summed E-state index contributed by atoms with van der Waals surface area (Å²) in [7, 11) is 0. The van der Waals surface area contributed by atoms with Gasteiger partial charge in [0.05, 0.1) is 5.41 Å². The number of esters is 1. The van der Waals surface area contributed by atoms with Gasteiger partial charge in [0.25, 0.3) is 0 Å². The molecule has 0 saturated heterocycles. The summed E-state index contributed by atoms with van der Waals surface area (Å²) in [6, 6.07) is 10.2. The molecule has 2 heteroatoms. The van der Waals surface area contributed by atoms with Crippen LogP contribution in [0.4, 0.5) is 0 Å². The third-order valence-corrected chi connectivity index (χ3v) is 5.85. The Morgan fingerprint density at radius 1 is 0.733 bits per heavy atom. The molecule has 30 heavy (non-hydrogen) atoms. The van der Waals surface area contributed by atoms with Gasteiger partial charge in [-0.1, -0.05) is 121 Å². The quantitative estimate of drug-likeness (QED) is 0.187. The number of rotatable bonds is 17. The molecule has 1 unspecified atom stereocenters. The maximum Gasteiger partial charge on any atom is 0.311 e. The maximum atomic E-state index is 12.4. The second-order valence-electron chi connectivity index (χ2n) is 9.94. The van der Waals surface area contributed by atoms with Crippen LogP contribution < -0.4 is 0 Å². The lowest BCUT2D eigenvalue weighted by Gasteiger charge is -2.24. The van der Waals surface area contributed by atoms with E-state index < -0.39 is 5.41 Å². The zero-order chi connectivity index (χ0) is 22.1. The number of ether oxygens (including phenoxy) is 1. The van der Waals surface area contributed by atoms with E-state index in [-0.39, 0.29) is 12.1 Å². The summed E-state index contributed by atoms with van der Waals surface area (Å²) in [5.41, 5.74) is 0.660. The summed E-state index contributed by atoms with van der Waals surface area (Å²) >= 11 is 0. The van der Waals surface area contributed by atoms with Crippen LogP contribution in [0.5, 0.6) is 0 Å². The van der Waals surface area contributed by atoms with Gasteiger partial charge in [-0.05, 0) is 39.2 Å². The Morgan fingerprint density at radius 3 is 1.60 bits per heavy atom. The van der Waals surface area contributed by atoms with Crippen LogP contribution in [0.1, 0.15) is 136 Å². The SMILES string of the molecule is CCCCCCCCCCCCCCCCC(OC(=O)C(C)(C)C)c1ccccc1. The minimum absolute atomic E-state index is 0.110. The molecule has 0 fully saturated rings.